The maximum absolute atomic E-state index is 15.3. The van der Waals surface area contributed by atoms with E-state index in [1.54, 1.807) is 23.1 Å². The topological polar surface area (TPSA) is 194 Å². The molecule has 0 spiro atoms. The Bertz CT molecular complexity index is 3070. The molecule has 6 aromatic rings. The lowest BCUT2D eigenvalue weighted by Crippen LogP contribution is -2.57. The maximum Gasteiger partial charge on any atom is 0.258 e. The first kappa shape index (κ1) is 55.1. The molecule has 0 radical (unpaired) electrons. The molecule has 5 aliphatic rings. The van der Waals surface area contributed by atoms with Gasteiger partial charge < -0.3 is 31.1 Å². The fourth-order valence-electron chi connectivity index (χ4n) is 12.8. The Morgan fingerprint density at radius 1 is 0.835 bits per heavy atom. The second-order valence-electron chi connectivity index (χ2n) is 23.6. The molecule has 3 aromatic heterocycles. The summed E-state index contributed by atoms with van der Waals surface area (Å²) in [6, 6.07) is 25.4. The zero-order valence-corrected chi connectivity index (χ0v) is 47.3. The Kier molecular flexibility index (Phi) is 16.6. The molecule has 4 saturated carbocycles. The third-order valence-electron chi connectivity index (χ3n) is 17.8. The molecule has 4 aliphatic carbocycles. The minimum Gasteiger partial charge on any atom is -0.457 e. The van der Waals surface area contributed by atoms with E-state index >= 15 is 4.39 Å². The quantitative estimate of drug-likeness (QED) is 0.0599. The number of Topliss-reactive ketones (excluding diaryl/α,β-unsaturated/α-hetero) is 1. The number of aromatic nitrogens is 5. The molecule has 3 aromatic carbocycles. The van der Waals surface area contributed by atoms with E-state index in [0.29, 0.717) is 23.7 Å². The van der Waals surface area contributed by atoms with Crippen molar-refractivity contribution < 1.29 is 28.6 Å². The number of carbonyl (C=O) groups is 3. The highest BCUT2D eigenvalue weighted by molar-refractivity contribution is 8.00. The Hall–Kier alpha value is -5.79. The Balaban J connectivity index is 0.636. The summed E-state index contributed by atoms with van der Waals surface area (Å²) in [5.41, 5.74) is 11.8. The molecule has 1 aliphatic heterocycles. The van der Waals surface area contributed by atoms with Gasteiger partial charge >= 0.3 is 0 Å². The van der Waals surface area contributed by atoms with Crippen LogP contribution in [0.15, 0.2) is 90.7 Å². The third kappa shape index (κ3) is 12.6. The number of carbonyl (C=O) groups excluding carboxylic acids is 3. The van der Waals surface area contributed by atoms with Crippen molar-refractivity contribution >= 4 is 57.5 Å². The molecule has 5 N–H and O–H groups in total. The summed E-state index contributed by atoms with van der Waals surface area (Å²) >= 11 is 3.25. The zero-order chi connectivity index (χ0) is 54.8. The van der Waals surface area contributed by atoms with Crippen LogP contribution in [0.5, 0.6) is 11.5 Å². The summed E-state index contributed by atoms with van der Waals surface area (Å²) in [5, 5.41) is 22.7. The summed E-state index contributed by atoms with van der Waals surface area (Å²) in [6.45, 7) is 11.6. The molecule has 4 atom stereocenters. The van der Waals surface area contributed by atoms with Crippen LogP contribution < -0.4 is 21.1 Å². The Morgan fingerprint density at radius 3 is 2.18 bits per heavy atom. The first-order valence-electron chi connectivity index (χ1n) is 28.6. The van der Waals surface area contributed by atoms with Gasteiger partial charge in [-0.1, -0.05) is 42.5 Å². The van der Waals surface area contributed by atoms with Gasteiger partial charge in [-0.2, -0.15) is 16.9 Å². The second kappa shape index (κ2) is 23.7. The van der Waals surface area contributed by atoms with Crippen LogP contribution in [0, 0.1) is 30.6 Å². The van der Waals surface area contributed by atoms with Gasteiger partial charge in [-0.05, 0) is 163 Å². The molecule has 15 nitrogen and oxygen atoms in total. The Labute approximate surface area is 471 Å². The number of piperazine rings is 1. The van der Waals surface area contributed by atoms with Crippen LogP contribution in [0.4, 0.5) is 10.2 Å². The average Bonchev–Trinajstić information content (AvgIpc) is 3.75. The van der Waals surface area contributed by atoms with Crippen LogP contribution in [0.1, 0.15) is 108 Å². The number of nitrogens with zero attached hydrogens (tertiary/aromatic N) is 7. The van der Waals surface area contributed by atoms with E-state index in [1.807, 2.05) is 105 Å². The van der Waals surface area contributed by atoms with Gasteiger partial charge in [-0.15, -0.1) is 11.3 Å². The lowest BCUT2D eigenvalue weighted by atomic mass is 9.82. The van der Waals surface area contributed by atoms with Gasteiger partial charge in [-0.25, -0.2) is 24.0 Å². The summed E-state index contributed by atoms with van der Waals surface area (Å²) in [5.74, 6) is 0.945. The van der Waals surface area contributed by atoms with Crippen LogP contribution in [0.2, 0.25) is 0 Å². The number of aliphatic hydroxyl groups excluding tert-OH is 1. The third-order valence-corrected chi connectivity index (χ3v) is 20.3. The molecule has 5 fully saturated rings. The first-order chi connectivity index (χ1) is 38.2. The van der Waals surface area contributed by atoms with Crippen LogP contribution >= 0.6 is 23.1 Å². The number of thiazole rings is 1. The fourth-order valence-corrected chi connectivity index (χ4v) is 14.9. The SMILES string of the molecule is Cc1ncsc1-c1ccc(CNC(=O)[C@@H]2C[C@@H](O)CC2C(=O)[C@@H](NC(=O)C2(F)CC2)C(C)(C)SCC2CCC(CN3CCN(C4CCC(n5nc(-c6ccc(Oc7ccccc7)cc6)c6c(N)ncnc65)CC4)CC3)CC2)cc1. The molecule has 418 valence electrons. The van der Waals surface area contributed by atoms with Crippen molar-refractivity contribution in [1.82, 2.24) is 45.2 Å². The van der Waals surface area contributed by atoms with Crippen molar-refractivity contribution in [2.45, 2.75) is 139 Å². The maximum atomic E-state index is 15.3. The van der Waals surface area contributed by atoms with Gasteiger partial charge in [0.15, 0.2) is 17.1 Å². The largest absolute Gasteiger partial charge is 0.457 e. The highest BCUT2D eigenvalue weighted by Gasteiger charge is 2.54. The molecule has 18 heteroatoms. The number of fused-ring (bicyclic) bond motifs is 1. The van der Waals surface area contributed by atoms with Gasteiger partial charge in [0, 0.05) is 61.5 Å². The van der Waals surface area contributed by atoms with E-state index in [4.69, 9.17) is 20.6 Å². The molecular weight excluding hydrogens is 1040 g/mol. The summed E-state index contributed by atoms with van der Waals surface area (Å²) in [6.07, 6.45) is 10.0. The zero-order valence-electron chi connectivity index (χ0n) is 45.7. The minimum atomic E-state index is -1.96. The molecule has 1 unspecified atom stereocenters. The first-order valence-corrected chi connectivity index (χ1v) is 30.5. The van der Waals surface area contributed by atoms with Gasteiger partial charge in [0.05, 0.1) is 39.5 Å². The number of hydrogen-bond acceptors (Lipinski definition) is 14. The molecule has 2 amide bonds. The van der Waals surface area contributed by atoms with E-state index in [9.17, 15) is 19.5 Å². The molecule has 79 heavy (non-hydrogen) atoms. The van der Waals surface area contributed by atoms with Crippen molar-refractivity contribution in [1.29, 1.82) is 0 Å². The number of ether oxygens (including phenoxy) is 1. The van der Waals surface area contributed by atoms with E-state index < -0.39 is 40.3 Å². The van der Waals surface area contributed by atoms with Crippen LogP contribution in [0.3, 0.4) is 0 Å². The van der Waals surface area contributed by atoms with Crippen molar-refractivity contribution in [3.8, 4) is 33.2 Å². The van der Waals surface area contributed by atoms with Gasteiger partial charge in [0.25, 0.3) is 5.91 Å². The molecule has 0 bridgehead atoms. The monoisotopic (exact) mass is 1110 g/mol. The number of para-hydroxylation sites is 1. The lowest BCUT2D eigenvalue weighted by molar-refractivity contribution is -0.137. The van der Waals surface area contributed by atoms with Gasteiger partial charge in [-0.3, -0.25) is 19.3 Å². The number of ketones is 1. The number of thioether (sulfide) groups is 1. The number of alkyl halides is 1. The average molecular weight is 1110 g/mol. The van der Waals surface area contributed by atoms with E-state index in [1.165, 1.54) is 6.33 Å². The van der Waals surface area contributed by atoms with Gasteiger partial charge in [0.1, 0.15) is 35.4 Å². The summed E-state index contributed by atoms with van der Waals surface area (Å²) in [4.78, 5) is 61.8. The number of nitrogens with one attached hydrogen (secondary N) is 2. The number of nitrogens with two attached hydrogens (primary N) is 1. The number of aryl methyl sites for hydroxylation is 1. The van der Waals surface area contributed by atoms with E-state index in [2.05, 4.69) is 35.1 Å². The summed E-state index contributed by atoms with van der Waals surface area (Å²) < 4.78 is 22.6. The highest BCUT2D eigenvalue weighted by atomic mass is 32.2. The van der Waals surface area contributed by atoms with Crippen LogP contribution in [-0.4, -0.2) is 124 Å². The van der Waals surface area contributed by atoms with Crippen molar-refractivity contribution in [3.63, 3.8) is 0 Å². The Morgan fingerprint density at radius 2 is 1.49 bits per heavy atom. The van der Waals surface area contributed by atoms with E-state index in [0.717, 1.165) is 145 Å². The lowest BCUT2D eigenvalue weighted by Gasteiger charge is -2.43. The number of halogens is 1. The fraction of sp³-hybridized carbons (Fsp3) is 0.525. The predicted octanol–water partition coefficient (Wildman–Crippen LogP) is 9.98. The number of nitrogen functional groups attached to an aromatic ring is 1. The molecular formula is C61H75FN10O5S2. The van der Waals surface area contributed by atoms with E-state index in [-0.39, 0.29) is 50.0 Å². The predicted molar refractivity (Wildman–Crippen MR) is 309 cm³/mol. The second-order valence-corrected chi connectivity index (χ2v) is 26.1. The van der Waals surface area contributed by atoms with Crippen LogP contribution in [-0.2, 0) is 20.9 Å². The number of aliphatic hydroxyl groups is 1. The van der Waals surface area contributed by atoms with Crippen molar-refractivity contribution in [2.75, 3.05) is 44.2 Å². The number of anilines is 1. The minimum absolute atomic E-state index is 0.122. The van der Waals surface area contributed by atoms with Gasteiger partial charge in [0.2, 0.25) is 5.91 Å². The van der Waals surface area contributed by atoms with Crippen molar-refractivity contribution in [3.05, 3.63) is 102 Å². The number of amides is 2. The van der Waals surface area contributed by atoms with Crippen LogP contribution in [0.25, 0.3) is 32.7 Å². The highest BCUT2D eigenvalue weighted by Crippen LogP contribution is 2.44. The van der Waals surface area contributed by atoms with Crippen molar-refractivity contribution in [2.24, 2.45) is 23.7 Å². The summed E-state index contributed by atoms with van der Waals surface area (Å²) in [7, 11) is 0. The number of hydrogen-bond donors (Lipinski definition) is 4. The normalized spacial score (nSPS) is 24.9. The number of rotatable bonds is 19. The number of benzene rings is 3. The smallest absolute Gasteiger partial charge is 0.258 e. The molecule has 11 rings (SSSR count). The molecule has 4 heterocycles. The standard InChI is InChI=1S/C61H75FN10O5S2/c1-38-54(78-37-67-38)43-15-13-39(14-16-43)33-64-58(75)50-32-46(73)31-49(50)53(74)55(68-59(76)61(62)25-26-61)60(2,3)79-35-41-11-9-40(10-12-41)34-70-27-29-71(30-28-70)44-19-21-45(22-20-44)72-57-51(56(63)65-36-66-57)52(69-72)42-17-23-48(24-18-42)77-47-7-5-4-6-8-47/h4-8,13-18,23-24,36-37,40-41,44-46,49-50,55,73H,9-12,19-22,25-35H2,1-3H3,(H,64,75)(H,68,76)(H2,63,65,66)/t40?,41?,44?,45?,46-,49?,50+,55+/m0/s1. The molecule has 1 saturated heterocycles.